The van der Waals surface area contributed by atoms with Gasteiger partial charge >= 0.3 is 0 Å². The molecule has 2 atom stereocenters. The summed E-state index contributed by atoms with van der Waals surface area (Å²) in [5.74, 6) is 0.980. The van der Waals surface area contributed by atoms with Crippen molar-refractivity contribution in [2.75, 3.05) is 5.32 Å². The van der Waals surface area contributed by atoms with Crippen LogP contribution in [0.4, 0.5) is 5.69 Å². The van der Waals surface area contributed by atoms with Gasteiger partial charge in [0.05, 0.1) is 6.26 Å². The number of anilines is 1. The molecule has 2 heterocycles. The maximum atomic E-state index is 13.5. The summed E-state index contributed by atoms with van der Waals surface area (Å²) in [6.45, 7) is 0. The lowest BCUT2D eigenvalue weighted by atomic mass is 9.71. The third kappa shape index (κ3) is 2.87. The molecule has 31 heavy (non-hydrogen) atoms. The Morgan fingerprint density at radius 2 is 1.84 bits per heavy atom. The number of carbonyl (C=O) groups excluding carboxylic acids is 1. The number of benzene rings is 3. The van der Waals surface area contributed by atoms with Crippen molar-refractivity contribution < 1.29 is 14.3 Å². The van der Waals surface area contributed by atoms with Crippen LogP contribution in [0.1, 0.15) is 41.6 Å². The van der Waals surface area contributed by atoms with Gasteiger partial charge in [-0.2, -0.15) is 0 Å². The Hall–Kier alpha value is -3.79. The van der Waals surface area contributed by atoms with E-state index in [2.05, 4.69) is 29.6 Å². The molecule has 1 aromatic heterocycles. The van der Waals surface area contributed by atoms with Gasteiger partial charge in [-0.25, -0.2) is 0 Å². The van der Waals surface area contributed by atoms with Gasteiger partial charge in [-0.1, -0.05) is 42.5 Å². The van der Waals surface area contributed by atoms with E-state index < -0.39 is 0 Å². The molecule has 4 nitrogen and oxygen atoms in total. The van der Waals surface area contributed by atoms with Crippen LogP contribution in [0.3, 0.4) is 0 Å². The molecule has 3 aromatic carbocycles. The van der Waals surface area contributed by atoms with Crippen LogP contribution in [0.5, 0.6) is 5.75 Å². The third-order valence-corrected chi connectivity index (χ3v) is 6.49. The summed E-state index contributed by atoms with van der Waals surface area (Å²) in [5.41, 5.74) is 4.79. The fourth-order valence-corrected chi connectivity index (χ4v) is 5.17. The predicted molar refractivity (Wildman–Crippen MR) is 120 cm³/mol. The van der Waals surface area contributed by atoms with E-state index in [0.29, 0.717) is 6.42 Å². The average molecular weight is 407 g/mol. The molecule has 4 heteroatoms. The van der Waals surface area contributed by atoms with Crippen molar-refractivity contribution in [3.8, 4) is 5.75 Å². The lowest BCUT2D eigenvalue weighted by Crippen LogP contribution is -2.29. The van der Waals surface area contributed by atoms with E-state index in [0.717, 1.165) is 51.0 Å². The smallest absolute Gasteiger partial charge is 0.162 e. The number of hydrogen-bond acceptors (Lipinski definition) is 4. The second-order valence-electron chi connectivity index (χ2n) is 8.34. The number of ketones is 1. The minimum Gasteiger partial charge on any atom is -0.508 e. The number of furan rings is 1. The number of phenols is 1. The molecule has 2 aliphatic rings. The number of carbonyl (C=O) groups is 1. The van der Waals surface area contributed by atoms with Crippen LogP contribution < -0.4 is 5.32 Å². The third-order valence-electron chi connectivity index (χ3n) is 6.49. The Morgan fingerprint density at radius 1 is 0.935 bits per heavy atom. The summed E-state index contributed by atoms with van der Waals surface area (Å²) in [6.07, 6.45) is 2.80. The molecule has 6 rings (SSSR count). The van der Waals surface area contributed by atoms with Gasteiger partial charge in [-0.3, -0.25) is 4.79 Å². The van der Waals surface area contributed by atoms with E-state index in [9.17, 15) is 9.90 Å². The van der Waals surface area contributed by atoms with Crippen molar-refractivity contribution in [1.82, 2.24) is 0 Å². The zero-order valence-corrected chi connectivity index (χ0v) is 16.8. The van der Waals surface area contributed by atoms with Crippen LogP contribution in [0, 0.1) is 0 Å². The highest BCUT2D eigenvalue weighted by Crippen LogP contribution is 2.50. The maximum Gasteiger partial charge on any atom is 0.162 e. The van der Waals surface area contributed by atoms with Crippen LogP contribution in [0.2, 0.25) is 0 Å². The number of phenolic OH excluding ortho intramolecular Hbond substituents is 1. The normalized spacial score (nSPS) is 20.3. The molecule has 0 radical (unpaired) electrons. The number of allylic oxidation sites excluding steroid dienone is 2. The lowest BCUT2D eigenvalue weighted by molar-refractivity contribution is -0.116. The lowest BCUT2D eigenvalue weighted by Gasteiger charge is -2.37. The molecule has 0 spiro atoms. The average Bonchev–Trinajstić information content (AvgIpc) is 3.32. The topological polar surface area (TPSA) is 62.5 Å². The molecule has 1 aliphatic heterocycles. The van der Waals surface area contributed by atoms with Gasteiger partial charge < -0.3 is 14.8 Å². The first kappa shape index (κ1) is 18.0. The van der Waals surface area contributed by atoms with Crippen molar-refractivity contribution >= 4 is 22.2 Å². The first-order valence-corrected chi connectivity index (χ1v) is 10.6. The minimum absolute atomic E-state index is 0.0283. The van der Waals surface area contributed by atoms with E-state index in [1.54, 1.807) is 18.4 Å². The monoisotopic (exact) mass is 407 g/mol. The highest BCUT2D eigenvalue weighted by atomic mass is 16.3. The zero-order valence-electron chi connectivity index (χ0n) is 16.8. The molecular weight excluding hydrogens is 386 g/mol. The van der Waals surface area contributed by atoms with E-state index in [1.165, 1.54) is 0 Å². The molecule has 2 N–H and O–H groups in total. The van der Waals surface area contributed by atoms with Crippen molar-refractivity contribution in [2.45, 2.75) is 24.7 Å². The molecule has 0 bridgehead atoms. The maximum absolute atomic E-state index is 13.5. The van der Waals surface area contributed by atoms with Gasteiger partial charge in [0.15, 0.2) is 5.78 Å². The second-order valence-corrected chi connectivity index (χ2v) is 8.34. The molecule has 0 fully saturated rings. The first-order chi connectivity index (χ1) is 15.2. The van der Waals surface area contributed by atoms with Gasteiger partial charge in [-0.15, -0.1) is 0 Å². The van der Waals surface area contributed by atoms with Crippen molar-refractivity contribution in [1.29, 1.82) is 0 Å². The number of nitrogens with one attached hydrogen (secondary N) is 1. The Morgan fingerprint density at radius 3 is 2.68 bits per heavy atom. The van der Waals surface area contributed by atoms with E-state index in [-0.39, 0.29) is 23.4 Å². The van der Waals surface area contributed by atoms with Crippen molar-refractivity contribution in [2.24, 2.45) is 0 Å². The van der Waals surface area contributed by atoms with Gasteiger partial charge in [0.25, 0.3) is 0 Å². The molecule has 2 unspecified atom stereocenters. The number of hydrogen-bond donors (Lipinski definition) is 2. The summed E-state index contributed by atoms with van der Waals surface area (Å²) in [7, 11) is 0. The van der Waals surface area contributed by atoms with Gasteiger partial charge in [0.2, 0.25) is 0 Å². The second kappa shape index (κ2) is 6.88. The van der Waals surface area contributed by atoms with Crippen molar-refractivity contribution in [3.05, 3.63) is 107 Å². The predicted octanol–water partition coefficient (Wildman–Crippen LogP) is 6.10. The van der Waals surface area contributed by atoms with E-state index >= 15 is 0 Å². The quantitative estimate of drug-likeness (QED) is 0.422. The van der Waals surface area contributed by atoms with E-state index in [4.69, 9.17) is 4.42 Å². The van der Waals surface area contributed by atoms with Gasteiger partial charge in [0.1, 0.15) is 11.5 Å². The Bertz CT molecular complexity index is 1350. The standard InChI is InChI=1S/C27H21NO3/c29-19-7-3-6-17(13-19)25-26-20-8-2-1-5-16(20)10-11-21(26)28-22-14-18(15-23(30)27(22)25)24-9-4-12-31-24/h1-13,18,25,28-29H,14-15H2. The minimum atomic E-state index is -0.227. The summed E-state index contributed by atoms with van der Waals surface area (Å²) in [5, 5.41) is 16.0. The summed E-state index contributed by atoms with van der Waals surface area (Å²) in [6, 6.07) is 23.6. The summed E-state index contributed by atoms with van der Waals surface area (Å²) >= 11 is 0. The number of aromatic hydroxyl groups is 1. The molecule has 4 aromatic rings. The number of Topliss-reactive ketones (excluding diaryl/α,β-unsaturated/α-hetero) is 1. The number of fused-ring (bicyclic) bond motifs is 3. The largest absolute Gasteiger partial charge is 0.508 e. The van der Waals surface area contributed by atoms with Crippen LogP contribution in [0.15, 0.2) is 94.7 Å². The molecule has 0 saturated heterocycles. The highest BCUT2D eigenvalue weighted by molar-refractivity contribution is 6.04. The molecule has 152 valence electrons. The Balaban J connectivity index is 1.58. The first-order valence-electron chi connectivity index (χ1n) is 10.6. The SMILES string of the molecule is O=C1CC(c2ccco2)CC2=C1C(c1cccc(O)c1)c1c(ccc3ccccc13)N2. The molecule has 0 amide bonds. The van der Waals surface area contributed by atoms with Crippen molar-refractivity contribution in [3.63, 3.8) is 0 Å². The Labute approximate surface area is 179 Å². The molecule has 0 saturated carbocycles. The van der Waals surface area contributed by atoms with Gasteiger partial charge in [0, 0.05) is 35.2 Å². The van der Waals surface area contributed by atoms with E-state index in [1.807, 2.05) is 36.4 Å². The van der Waals surface area contributed by atoms with Crippen LogP contribution in [0.25, 0.3) is 10.8 Å². The molecule has 1 aliphatic carbocycles. The highest BCUT2D eigenvalue weighted by Gasteiger charge is 2.39. The fraction of sp³-hybridized carbons (Fsp3) is 0.148. The summed E-state index contributed by atoms with van der Waals surface area (Å²) < 4.78 is 5.62. The van der Waals surface area contributed by atoms with Gasteiger partial charge in [-0.05, 0) is 58.7 Å². The van der Waals surface area contributed by atoms with Crippen LogP contribution in [-0.2, 0) is 4.79 Å². The fourth-order valence-electron chi connectivity index (χ4n) is 5.17. The molecular formula is C27H21NO3. The van der Waals surface area contributed by atoms with Crippen LogP contribution >= 0.6 is 0 Å². The zero-order chi connectivity index (χ0) is 20.9. The number of rotatable bonds is 2. The van der Waals surface area contributed by atoms with Crippen LogP contribution in [-0.4, -0.2) is 10.9 Å². The Kier molecular flexibility index (Phi) is 4.00. The summed E-state index contributed by atoms with van der Waals surface area (Å²) in [4.78, 5) is 13.5.